The van der Waals surface area contributed by atoms with Gasteiger partial charge >= 0.3 is 61.3 Å². The Morgan fingerprint density at radius 1 is 0.909 bits per heavy atom. The van der Waals surface area contributed by atoms with E-state index in [0.29, 0.717) is 0 Å². The summed E-state index contributed by atoms with van der Waals surface area (Å²) in [7, 11) is -7.84. The molecule has 0 atom stereocenters. The molecule has 0 bridgehead atoms. The van der Waals surface area contributed by atoms with Crippen molar-refractivity contribution in [1.82, 2.24) is 0 Å². The van der Waals surface area contributed by atoms with E-state index in [9.17, 15) is 16.8 Å². The molecule has 1 rings (SSSR count). The van der Waals surface area contributed by atoms with Crippen molar-refractivity contribution in [1.29, 1.82) is 0 Å². The molecule has 0 radical (unpaired) electrons. The molecule has 1 aliphatic rings. The van der Waals surface area contributed by atoms with Gasteiger partial charge in [0.05, 0.1) is 0 Å². The second-order valence-corrected chi connectivity index (χ2v) is 7.20. The van der Waals surface area contributed by atoms with Gasteiger partial charge in [0, 0.05) is 0 Å². The Balaban J connectivity index is 3.08. The summed E-state index contributed by atoms with van der Waals surface area (Å²) in [5.41, 5.74) is 0.297. The average Bonchev–Trinajstić information content (AvgIpc) is 1.70. The number of hydrogen-bond donors (Lipinski definition) is 0. The Labute approximate surface area is 62.3 Å². The van der Waals surface area contributed by atoms with Crippen LogP contribution in [0, 0.1) is 0 Å². The maximum atomic E-state index is 12.6. The standard InChI is InChI=1S/C6H10F4P/c1-5-3-11(7,8,9,10)4-6(5)2/h3-4H2,1-2H3/q-1. The first-order chi connectivity index (χ1) is 4.51. The third kappa shape index (κ3) is 1.92. The summed E-state index contributed by atoms with van der Waals surface area (Å²) in [6.45, 7) is 2.68. The number of hydrogen-bond acceptors (Lipinski definition) is 0. The van der Waals surface area contributed by atoms with Crippen LogP contribution < -0.4 is 0 Å². The van der Waals surface area contributed by atoms with E-state index < -0.39 is 19.5 Å². The van der Waals surface area contributed by atoms with Crippen molar-refractivity contribution in [2.45, 2.75) is 13.8 Å². The van der Waals surface area contributed by atoms with Gasteiger partial charge in [-0.15, -0.1) is 0 Å². The van der Waals surface area contributed by atoms with Crippen molar-refractivity contribution < 1.29 is 16.8 Å². The Morgan fingerprint density at radius 3 is 1.27 bits per heavy atom. The van der Waals surface area contributed by atoms with E-state index in [4.69, 9.17) is 0 Å². The van der Waals surface area contributed by atoms with Gasteiger partial charge in [-0.2, -0.15) is 0 Å². The van der Waals surface area contributed by atoms with Crippen molar-refractivity contribution in [3.05, 3.63) is 11.1 Å². The molecule has 68 valence electrons. The molecule has 5 heteroatoms. The summed E-state index contributed by atoms with van der Waals surface area (Å²) in [5.74, 6) is 0. The molecule has 0 aromatic rings. The summed E-state index contributed by atoms with van der Waals surface area (Å²) in [6.07, 6.45) is -2.59. The Hall–Kier alpha value is -0.110. The second-order valence-electron chi connectivity index (χ2n) is 3.44. The van der Waals surface area contributed by atoms with E-state index in [0.717, 1.165) is 0 Å². The summed E-state index contributed by atoms with van der Waals surface area (Å²) in [4.78, 5) is 0. The van der Waals surface area contributed by atoms with Gasteiger partial charge in [-0.25, -0.2) is 0 Å². The van der Waals surface area contributed by atoms with E-state index >= 15 is 0 Å². The van der Waals surface area contributed by atoms with Crippen molar-refractivity contribution in [3.8, 4) is 0 Å². The minimum atomic E-state index is -7.84. The van der Waals surface area contributed by atoms with E-state index in [1.54, 1.807) is 0 Å². The van der Waals surface area contributed by atoms with Crippen molar-refractivity contribution in [2.24, 2.45) is 0 Å². The number of rotatable bonds is 0. The van der Waals surface area contributed by atoms with Crippen molar-refractivity contribution >= 4 is 7.19 Å². The predicted molar refractivity (Wildman–Crippen MR) is 39.5 cm³/mol. The van der Waals surface area contributed by atoms with E-state index in [2.05, 4.69) is 0 Å². The third-order valence-electron chi connectivity index (χ3n) is 1.90. The van der Waals surface area contributed by atoms with Gasteiger partial charge in [-0.05, 0) is 0 Å². The van der Waals surface area contributed by atoms with Crippen LogP contribution in [0.15, 0.2) is 11.1 Å². The molecule has 1 aliphatic heterocycles. The van der Waals surface area contributed by atoms with Crippen LogP contribution in [0.2, 0.25) is 0 Å². The van der Waals surface area contributed by atoms with Crippen LogP contribution in [0.4, 0.5) is 16.8 Å². The van der Waals surface area contributed by atoms with E-state index in [-0.39, 0.29) is 11.1 Å². The van der Waals surface area contributed by atoms with Crippen LogP contribution in [0.5, 0.6) is 0 Å². The summed E-state index contributed by atoms with van der Waals surface area (Å²) >= 11 is 0. The van der Waals surface area contributed by atoms with Gasteiger partial charge in [-0.1, -0.05) is 0 Å². The van der Waals surface area contributed by atoms with Gasteiger partial charge in [-0.3, -0.25) is 0 Å². The average molecular weight is 189 g/mol. The van der Waals surface area contributed by atoms with Crippen LogP contribution in [0.3, 0.4) is 0 Å². The molecule has 0 aromatic heterocycles. The third-order valence-corrected chi connectivity index (χ3v) is 4.26. The molecule has 0 saturated carbocycles. The SMILES string of the molecule is CC1=C(C)C[P-](F)(F)(F)(F)C1. The molecule has 0 spiro atoms. The molecule has 0 saturated heterocycles. The quantitative estimate of drug-likeness (QED) is 0.307. The number of allylic oxidation sites excluding steroid dienone is 2. The molecule has 0 fully saturated rings. The maximum absolute atomic E-state index is 12.6. The molecule has 0 aromatic carbocycles. The molecule has 0 N–H and O–H groups in total. The molecule has 11 heavy (non-hydrogen) atoms. The Kier molecular flexibility index (Phi) is 1.22. The van der Waals surface area contributed by atoms with Gasteiger partial charge < -0.3 is 0 Å². The number of halogens is 4. The fourth-order valence-electron chi connectivity index (χ4n) is 1.38. The molecule has 0 nitrogen and oxygen atoms in total. The fraction of sp³-hybridized carbons (Fsp3) is 0.667. The normalized spacial score (nSPS) is 38.7. The predicted octanol–water partition coefficient (Wildman–Crippen LogP) is 3.96. The first-order valence-electron chi connectivity index (χ1n) is 3.27. The fourth-order valence-corrected chi connectivity index (χ4v) is 4.14. The Morgan fingerprint density at radius 2 is 1.18 bits per heavy atom. The molecule has 0 aliphatic carbocycles. The van der Waals surface area contributed by atoms with Crippen LogP contribution in [-0.2, 0) is 0 Å². The topological polar surface area (TPSA) is 0 Å². The zero-order chi connectivity index (χ0) is 8.98. The van der Waals surface area contributed by atoms with Gasteiger partial charge in [0.1, 0.15) is 0 Å². The van der Waals surface area contributed by atoms with Crippen LogP contribution in [0.25, 0.3) is 0 Å². The van der Waals surface area contributed by atoms with Gasteiger partial charge in [0.25, 0.3) is 0 Å². The van der Waals surface area contributed by atoms with Crippen molar-refractivity contribution in [3.63, 3.8) is 0 Å². The summed E-state index contributed by atoms with van der Waals surface area (Å²) in [5, 5.41) is 0. The molecule has 0 amide bonds. The molecular weight excluding hydrogens is 179 g/mol. The second kappa shape index (κ2) is 1.49. The first kappa shape index (κ1) is 8.98. The first-order valence-corrected chi connectivity index (χ1v) is 5.88. The monoisotopic (exact) mass is 189 g/mol. The molecule has 0 unspecified atom stereocenters. The van der Waals surface area contributed by atoms with Crippen LogP contribution >= 0.6 is 7.19 Å². The summed E-state index contributed by atoms with van der Waals surface area (Å²) in [6, 6.07) is 0. The zero-order valence-corrected chi connectivity index (χ0v) is 7.27. The van der Waals surface area contributed by atoms with Gasteiger partial charge in [0.15, 0.2) is 0 Å². The van der Waals surface area contributed by atoms with Crippen molar-refractivity contribution in [2.75, 3.05) is 12.3 Å². The van der Waals surface area contributed by atoms with E-state index in [1.807, 2.05) is 0 Å². The van der Waals surface area contributed by atoms with Crippen LogP contribution in [0.1, 0.15) is 13.8 Å². The summed E-state index contributed by atoms with van der Waals surface area (Å²) < 4.78 is 50.3. The van der Waals surface area contributed by atoms with E-state index in [1.165, 1.54) is 13.8 Å². The molecule has 1 heterocycles. The van der Waals surface area contributed by atoms with Gasteiger partial charge in [0.2, 0.25) is 0 Å². The zero-order valence-electron chi connectivity index (χ0n) is 6.37. The van der Waals surface area contributed by atoms with Crippen LogP contribution in [-0.4, -0.2) is 12.3 Å². The molecular formula is C6H10F4P-. The minimum absolute atomic E-state index is 0.149. The Bertz CT molecular complexity index is 224.